The van der Waals surface area contributed by atoms with Crippen LogP contribution in [0.3, 0.4) is 0 Å². The molecule has 2 aromatic carbocycles. The first kappa shape index (κ1) is 21.6. The maximum atomic E-state index is 12.6. The predicted octanol–water partition coefficient (Wildman–Crippen LogP) is 1.70. The van der Waals surface area contributed by atoms with Crippen LogP contribution in [0.1, 0.15) is 36.2 Å². The van der Waals surface area contributed by atoms with Crippen LogP contribution in [0.4, 0.5) is 0 Å². The Bertz CT molecular complexity index is 1050. The van der Waals surface area contributed by atoms with Crippen LogP contribution in [-0.2, 0) is 21.4 Å². The molecule has 0 atom stereocenters. The van der Waals surface area contributed by atoms with Crippen molar-refractivity contribution in [2.75, 3.05) is 6.79 Å². The van der Waals surface area contributed by atoms with Gasteiger partial charge in [-0.05, 0) is 41.8 Å². The molecule has 2 aromatic rings. The number of nitrogens with one attached hydrogen (secondary N) is 3. The van der Waals surface area contributed by atoms with Crippen LogP contribution >= 0.6 is 0 Å². The summed E-state index contributed by atoms with van der Waals surface area (Å²) in [5, 5.41) is 0. The summed E-state index contributed by atoms with van der Waals surface area (Å²) >= 11 is 0. The minimum atomic E-state index is -3.87. The van der Waals surface area contributed by atoms with E-state index in [9.17, 15) is 18.0 Å². The number of rotatable bonds is 7. The average molecular weight is 433 g/mol. The minimum Gasteiger partial charge on any atom is -0.454 e. The van der Waals surface area contributed by atoms with Gasteiger partial charge < -0.3 is 9.47 Å². The molecule has 3 N–H and O–H groups in total. The van der Waals surface area contributed by atoms with E-state index >= 15 is 0 Å². The molecule has 0 unspecified atom stereocenters. The molecule has 0 spiro atoms. The molecule has 10 heteroatoms. The number of hydrogen-bond acceptors (Lipinski definition) is 6. The van der Waals surface area contributed by atoms with Gasteiger partial charge in [0.25, 0.3) is 5.91 Å². The van der Waals surface area contributed by atoms with Gasteiger partial charge in [0.1, 0.15) is 0 Å². The van der Waals surface area contributed by atoms with E-state index in [0.29, 0.717) is 17.1 Å². The first-order chi connectivity index (χ1) is 14.2. The molecule has 0 radical (unpaired) electrons. The molecule has 9 nitrogen and oxygen atoms in total. The molecule has 1 aliphatic rings. The number of hydrogen-bond donors (Lipinski definition) is 3. The molecule has 0 fully saturated rings. The Hall–Kier alpha value is -3.11. The second-order valence-corrected chi connectivity index (χ2v) is 8.91. The third-order valence-corrected chi connectivity index (χ3v) is 5.62. The molecule has 0 saturated carbocycles. The Kier molecular flexibility index (Phi) is 6.58. The van der Waals surface area contributed by atoms with E-state index in [2.05, 4.69) is 15.6 Å². The zero-order valence-corrected chi connectivity index (χ0v) is 17.4. The molecule has 3 rings (SSSR count). The molecule has 0 saturated heterocycles. The predicted molar refractivity (Wildman–Crippen MR) is 108 cm³/mol. The molecule has 160 valence electrons. The highest BCUT2D eigenvalue weighted by molar-refractivity contribution is 7.89. The third kappa shape index (κ3) is 5.49. The van der Waals surface area contributed by atoms with Crippen LogP contribution in [0.15, 0.2) is 47.4 Å². The number of fused-ring (bicyclic) bond motifs is 1. The molecule has 30 heavy (non-hydrogen) atoms. The highest BCUT2D eigenvalue weighted by Crippen LogP contribution is 2.32. The number of ether oxygens (including phenoxy) is 2. The monoisotopic (exact) mass is 433 g/mol. The average Bonchev–Trinajstić information content (AvgIpc) is 3.18. The normalized spacial score (nSPS) is 12.6. The summed E-state index contributed by atoms with van der Waals surface area (Å²) in [6.45, 7) is 3.94. The van der Waals surface area contributed by atoms with Gasteiger partial charge in [-0.15, -0.1) is 0 Å². The molecular weight excluding hydrogens is 410 g/mol. The third-order valence-electron chi connectivity index (χ3n) is 4.22. The van der Waals surface area contributed by atoms with E-state index in [1.807, 2.05) is 13.8 Å². The lowest BCUT2D eigenvalue weighted by molar-refractivity contribution is -0.122. The van der Waals surface area contributed by atoms with Gasteiger partial charge in [0, 0.05) is 18.5 Å². The Balaban J connectivity index is 1.63. The second kappa shape index (κ2) is 9.14. The standard InChI is InChI=1S/C20H23N3O6S/c1-13(2)8-19(24)22-23-20(25)15-4-3-5-16(10-15)30(26,27)21-11-14-6-7-17-18(9-14)29-12-28-17/h3-7,9-10,13,21H,8,11-12H2,1-2H3,(H,22,24)(H,23,25). The van der Waals surface area contributed by atoms with Crippen molar-refractivity contribution in [3.8, 4) is 11.5 Å². The van der Waals surface area contributed by atoms with Gasteiger partial charge in [0.15, 0.2) is 11.5 Å². The Labute approximate surface area is 174 Å². The van der Waals surface area contributed by atoms with E-state index in [-0.39, 0.29) is 42.0 Å². The number of hydrazine groups is 1. The van der Waals surface area contributed by atoms with E-state index in [1.54, 1.807) is 18.2 Å². The van der Waals surface area contributed by atoms with Crippen LogP contribution in [0.5, 0.6) is 11.5 Å². The van der Waals surface area contributed by atoms with Gasteiger partial charge in [-0.1, -0.05) is 26.0 Å². The zero-order chi connectivity index (χ0) is 21.7. The van der Waals surface area contributed by atoms with E-state index in [1.165, 1.54) is 24.3 Å². The summed E-state index contributed by atoms with van der Waals surface area (Å²) in [5.74, 6) is 0.379. The highest BCUT2D eigenvalue weighted by Gasteiger charge is 2.18. The molecule has 0 bridgehead atoms. The summed E-state index contributed by atoms with van der Waals surface area (Å²) in [6.07, 6.45) is 0.262. The lowest BCUT2D eigenvalue weighted by Crippen LogP contribution is -2.42. The van der Waals surface area contributed by atoms with Crippen molar-refractivity contribution in [2.45, 2.75) is 31.7 Å². The van der Waals surface area contributed by atoms with E-state index < -0.39 is 15.9 Å². The summed E-state index contributed by atoms with van der Waals surface area (Å²) in [4.78, 5) is 23.8. The number of sulfonamides is 1. The quantitative estimate of drug-likeness (QED) is 0.571. The van der Waals surface area contributed by atoms with Gasteiger partial charge in [-0.25, -0.2) is 13.1 Å². The van der Waals surface area contributed by atoms with Crippen LogP contribution in [0.2, 0.25) is 0 Å². The Morgan fingerprint density at radius 2 is 1.80 bits per heavy atom. The van der Waals surface area contributed by atoms with Gasteiger partial charge in [0.05, 0.1) is 4.90 Å². The van der Waals surface area contributed by atoms with Crippen molar-refractivity contribution < 1.29 is 27.5 Å². The van der Waals surface area contributed by atoms with Crippen molar-refractivity contribution >= 4 is 21.8 Å². The van der Waals surface area contributed by atoms with Crippen molar-refractivity contribution in [1.29, 1.82) is 0 Å². The minimum absolute atomic E-state index is 0.0423. The van der Waals surface area contributed by atoms with Gasteiger partial charge in [-0.3, -0.25) is 20.4 Å². The summed E-state index contributed by atoms with van der Waals surface area (Å²) in [6, 6.07) is 10.7. The molecular formula is C20H23N3O6S. The molecule has 1 aliphatic heterocycles. The first-order valence-electron chi connectivity index (χ1n) is 9.32. The van der Waals surface area contributed by atoms with Crippen molar-refractivity contribution in [2.24, 2.45) is 5.92 Å². The topological polar surface area (TPSA) is 123 Å². The van der Waals surface area contributed by atoms with Crippen LogP contribution in [-0.4, -0.2) is 27.0 Å². The van der Waals surface area contributed by atoms with Crippen molar-refractivity contribution in [1.82, 2.24) is 15.6 Å². The molecule has 1 heterocycles. The smallest absolute Gasteiger partial charge is 0.269 e. The highest BCUT2D eigenvalue weighted by atomic mass is 32.2. The largest absolute Gasteiger partial charge is 0.454 e. The van der Waals surface area contributed by atoms with Gasteiger partial charge in [0.2, 0.25) is 22.7 Å². The lowest BCUT2D eigenvalue weighted by Gasteiger charge is -2.11. The van der Waals surface area contributed by atoms with E-state index in [4.69, 9.17) is 9.47 Å². The fourth-order valence-electron chi connectivity index (χ4n) is 2.74. The maximum absolute atomic E-state index is 12.6. The Morgan fingerprint density at radius 1 is 1.03 bits per heavy atom. The van der Waals surface area contributed by atoms with Gasteiger partial charge in [-0.2, -0.15) is 0 Å². The van der Waals surface area contributed by atoms with Crippen LogP contribution < -0.4 is 25.0 Å². The number of carbonyl (C=O) groups excluding carboxylic acids is 2. The fraction of sp³-hybridized carbons (Fsp3) is 0.300. The molecule has 0 aliphatic carbocycles. The summed E-state index contributed by atoms with van der Waals surface area (Å²) in [7, 11) is -3.87. The summed E-state index contributed by atoms with van der Waals surface area (Å²) in [5.41, 5.74) is 5.40. The first-order valence-corrected chi connectivity index (χ1v) is 10.8. The van der Waals surface area contributed by atoms with Crippen LogP contribution in [0, 0.1) is 5.92 Å². The van der Waals surface area contributed by atoms with E-state index in [0.717, 1.165) is 0 Å². The number of carbonyl (C=O) groups is 2. The Morgan fingerprint density at radius 3 is 2.57 bits per heavy atom. The van der Waals surface area contributed by atoms with Gasteiger partial charge >= 0.3 is 0 Å². The summed E-state index contributed by atoms with van der Waals surface area (Å²) < 4.78 is 38.3. The van der Waals surface area contributed by atoms with Crippen LogP contribution in [0.25, 0.3) is 0 Å². The lowest BCUT2D eigenvalue weighted by atomic mass is 10.1. The zero-order valence-electron chi connectivity index (χ0n) is 16.6. The fourth-order valence-corrected chi connectivity index (χ4v) is 3.80. The second-order valence-electron chi connectivity index (χ2n) is 7.14. The SMILES string of the molecule is CC(C)CC(=O)NNC(=O)c1cccc(S(=O)(=O)NCc2ccc3c(c2)OCO3)c1. The number of amides is 2. The van der Waals surface area contributed by atoms with Crippen molar-refractivity contribution in [3.63, 3.8) is 0 Å². The molecule has 0 aromatic heterocycles. The maximum Gasteiger partial charge on any atom is 0.269 e. The van der Waals surface area contributed by atoms with Crippen molar-refractivity contribution in [3.05, 3.63) is 53.6 Å². The number of benzene rings is 2. The molecule has 2 amide bonds.